The van der Waals surface area contributed by atoms with E-state index in [0.717, 1.165) is 12.5 Å². The summed E-state index contributed by atoms with van der Waals surface area (Å²) in [6.45, 7) is 9.93. The molecule has 1 aliphatic heterocycles. The summed E-state index contributed by atoms with van der Waals surface area (Å²) in [5.41, 5.74) is 6.08. The molecule has 1 fully saturated rings. The summed E-state index contributed by atoms with van der Waals surface area (Å²) >= 11 is 0. The van der Waals surface area contributed by atoms with Gasteiger partial charge in [0, 0.05) is 18.1 Å². The molecule has 2 nitrogen and oxygen atoms in total. The van der Waals surface area contributed by atoms with Crippen molar-refractivity contribution in [2.75, 3.05) is 6.54 Å². The van der Waals surface area contributed by atoms with Crippen LogP contribution in [0, 0.1) is 11.8 Å². The van der Waals surface area contributed by atoms with E-state index >= 15 is 0 Å². The molecule has 1 rings (SSSR count). The van der Waals surface area contributed by atoms with Crippen LogP contribution < -0.4 is 11.1 Å². The van der Waals surface area contributed by atoms with Crippen LogP contribution in [0.25, 0.3) is 0 Å². The molecule has 0 aromatic rings. The lowest BCUT2D eigenvalue weighted by Crippen LogP contribution is -2.41. The van der Waals surface area contributed by atoms with Gasteiger partial charge >= 0.3 is 0 Å². The first-order chi connectivity index (χ1) is 5.89. The highest BCUT2D eigenvalue weighted by atomic mass is 15.0. The van der Waals surface area contributed by atoms with E-state index in [2.05, 4.69) is 33.0 Å². The Kier molecular flexibility index (Phi) is 3.36. The summed E-state index contributed by atoms with van der Waals surface area (Å²) in [6.07, 6.45) is 2.54. The molecule has 1 unspecified atom stereocenters. The van der Waals surface area contributed by atoms with Gasteiger partial charge in [0.1, 0.15) is 0 Å². The van der Waals surface area contributed by atoms with Gasteiger partial charge in [0.25, 0.3) is 0 Å². The summed E-state index contributed by atoms with van der Waals surface area (Å²) < 4.78 is 0. The minimum absolute atomic E-state index is 0.0151. The molecular formula is C11H24N2. The molecule has 0 aromatic carbocycles. The van der Waals surface area contributed by atoms with E-state index in [1.54, 1.807) is 0 Å². The van der Waals surface area contributed by atoms with E-state index < -0.39 is 0 Å². The SMILES string of the molecule is CC(C)C[C@@H]1CC(C(C)(C)N)CN1. The van der Waals surface area contributed by atoms with Gasteiger partial charge in [-0.1, -0.05) is 13.8 Å². The fraction of sp³-hybridized carbons (Fsp3) is 1.00. The second-order valence-corrected chi connectivity index (χ2v) is 5.49. The van der Waals surface area contributed by atoms with Crippen LogP contribution >= 0.6 is 0 Å². The summed E-state index contributed by atoms with van der Waals surface area (Å²) in [5.74, 6) is 1.44. The first-order valence-corrected chi connectivity index (χ1v) is 5.42. The molecule has 2 atom stereocenters. The van der Waals surface area contributed by atoms with Crippen LogP contribution in [0.1, 0.15) is 40.5 Å². The van der Waals surface area contributed by atoms with Gasteiger partial charge in [-0.25, -0.2) is 0 Å². The van der Waals surface area contributed by atoms with E-state index in [0.29, 0.717) is 12.0 Å². The van der Waals surface area contributed by atoms with Crippen LogP contribution in [0.3, 0.4) is 0 Å². The summed E-state index contributed by atoms with van der Waals surface area (Å²) in [6, 6.07) is 0.702. The summed E-state index contributed by atoms with van der Waals surface area (Å²) in [5, 5.41) is 3.56. The van der Waals surface area contributed by atoms with Gasteiger partial charge in [0.05, 0.1) is 0 Å². The maximum absolute atomic E-state index is 6.09. The Labute approximate surface area is 82.3 Å². The van der Waals surface area contributed by atoms with Crippen molar-refractivity contribution in [3.63, 3.8) is 0 Å². The maximum Gasteiger partial charge on any atom is 0.0138 e. The first kappa shape index (κ1) is 11.0. The molecule has 0 bridgehead atoms. The van der Waals surface area contributed by atoms with E-state index in [-0.39, 0.29) is 5.54 Å². The lowest BCUT2D eigenvalue weighted by molar-refractivity contribution is 0.335. The number of nitrogens with two attached hydrogens (primary N) is 1. The van der Waals surface area contributed by atoms with Crippen LogP contribution in [-0.4, -0.2) is 18.1 Å². The average molecular weight is 184 g/mol. The van der Waals surface area contributed by atoms with E-state index in [1.807, 2.05) is 0 Å². The highest BCUT2D eigenvalue weighted by Crippen LogP contribution is 2.26. The predicted molar refractivity (Wildman–Crippen MR) is 57.6 cm³/mol. The highest BCUT2D eigenvalue weighted by Gasteiger charge is 2.32. The molecular weight excluding hydrogens is 160 g/mol. The van der Waals surface area contributed by atoms with E-state index in [4.69, 9.17) is 5.73 Å². The van der Waals surface area contributed by atoms with E-state index in [9.17, 15) is 0 Å². The average Bonchev–Trinajstić information content (AvgIpc) is 2.32. The van der Waals surface area contributed by atoms with Gasteiger partial charge < -0.3 is 11.1 Å². The molecule has 1 heterocycles. The molecule has 0 radical (unpaired) electrons. The third-order valence-corrected chi connectivity index (χ3v) is 3.03. The van der Waals surface area contributed by atoms with Gasteiger partial charge in [-0.15, -0.1) is 0 Å². The molecule has 0 spiro atoms. The molecule has 0 aliphatic carbocycles. The second kappa shape index (κ2) is 3.97. The molecule has 0 aromatic heterocycles. The lowest BCUT2D eigenvalue weighted by Gasteiger charge is -2.26. The Hall–Kier alpha value is -0.0800. The monoisotopic (exact) mass is 184 g/mol. The van der Waals surface area contributed by atoms with Crippen molar-refractivity contribution in [1.82, 2.24) is 5.32 Å². The predicted octanol–water partition coefficient (Wildman–Crippen LogP) is 1.75. The van der Waals surface area contributed by atoms with Crippen LogP contribution in [0.15, 0.2) is 0 Å². The number of nitrogens with one attached hydrogen (secondary N) is 1. The third-order valence-electron chi connectivity index (χ3n) is 3.03. The van der Waals surface area contributed by atoms with Crippen molar-refractivity contribution in [2.24, 2.45) is 17.6 Å². The Morgan fingerprint density at radius 2 is 2.08 bits per heavy atom. The Bertz CT molecular complexity index is 158. The fourth-order valence-electron chi connectivity index (χ4n) is 2.13. The van der Waals surface area contributed by atoms with Crippen molar-refractivity contribution in [3.05, 3.63) is 0 Å². The molecule has 0 saturated carbocycles. The van der Waals surface area contributed by atoms with Gasteiger partial charge in [-0.05, 0) is 38.5 Å². The third kappa shape index (κ3) is 3.28. The fourth-order valence-corrected chi connectivity index (χ4v) is 2.13. The zero-order valence-corrected chi connectivity index (χ0v) is 9.43. The van der Waals surface area contributed by atoms with Crippen molar-refractivity contribution < 1.29 is 0 Å². The largest absolute Gasteiger partial charge is 0.325 e. The number of hydrogen-bond acceptors (Lipinski definition) is 2. The van der Waals surface area contributed by atoms with Gasteiger partial charge in [0.15, 0.2) is 0 Å². The minimum atomic E-state index is -0.0151. The van der Waals surface area contributed by atoms with Crippen molar-refractivity contribution in [3.8, 4) is 0 Å². The standard InChI is InChI=1S/C11H24N2/c1-8(2)5-10-6-9(7-13-10)11(3,4)12/h8-10,13H,5-7,12H2,1-4H3/t9?,10-/m1/s1. The molecule has 2 heteroatoms. The zero-order valence-electron chi connectivity index (χ0n) is 9.43. The van der Waals surface area contributed by atoms with Crippen LogP contribution in [0.2, 0.25) is 0 Å². The quantitative estimate of drug-likeness (QED) is 0.701. The van der Waals surface area contributed by atoms with Crippen molar-refractivity contribution in [1.29, 1.82) is 0 Å². The van der Waals surface area contributed by atoms with Gasteiger partial charge in [0.2, 0.25) is 0 Å². The van der Waals surface area contributed by atoms with E-state index in [1.165, 1.54) is 12.8 Å². The lowest BCUT2D eigenvalue weighted by atomic mass is 9.85. The molecule has 3 N–H and O–H groups in total. The normalized spacial score (nSPS) is 30.0. The molecule has 13 heavy (non-hydrogen) atoms. The number of hydrogen-bond donors (Lipinski definition) is 2. The zero-order chi connectivity index (χ0) is 10.1. The smallest absolute Gasteiger partial charge is 0.0138 e. The Morgan fingerprint density at radius 3 is 2.46 bits per heavy atom. The van der Waals surface area contributed by atoms with Gasteiger partial charge in [-0.2, -0.15) is 0 Å². The molecule has 1 saturated heterocycles. The van der Waals surface area contributed by atoms with Crippen LogP contribution in [0.5, 0.6) is 0 Å². The van der Waals surface area contributed by atoms with Crippen LogP contribution in [-0.2, 0) is 0 Å². The van der Waals surface area contributed by atoms with Crippen molar-refractivity contribution >= 4 is 0 Å². The minimum Gasteiger partial charge on any atom is -0.325 e. The maximum atomic E-state index is 6.09. The van der Waals surface area contributed by atoms with Crippen molar-refractivity contribution in [2.45, 2.75) is 52.1 Å². The topological polar surface area (TPSA) is 38.0 Å². The van der Waals surface area contributed by atoms with Crippen LogP contribution in [0.4, 0.5) is 0 Å². The molecule has 78 valence electrons. The Morgan fingerprint density at radius 1 is 1.46 bits per heavy atom. The number of rotatable bonds is 3. The highest BCUT2D eigenvalue weighted by molar-refractivity contribution is 4.92. The summed E-state index contributed by atoms with van der Waals surface area (Å²) in [4.78, 5) is 0. The first-order valence-electron chi connectivity index (χ1n) is 5.42. The Balaban J connectivity index is 2.36. The summed E-state index contributed by atoms with van der Waals surface area (Å²) in [7, 11) is 0. The molecule has 1 aliphatic rings. The van der Waals surface area contributed by atoms with Gasteiger partial charge in [-0.3, -0.25) is 0 Å². The molecule has 0 amide bonds. The second-order valence-electron chi connectivity index (χ2n) is 5.49.